The molecule has 46 heavy (non-hydrogen) atoms. The molecule has 2 aromatic heterocycles. The monoisotopic (exact) mass is 602 g/mol. The van der Waals surface area contributed by atoms with Crippen LogP contribution in [0, 0.1) is 0 Å². The summed E-state index contributed by atoms with van der Waals surface area (Å²) in [6.45, 7) is 0. The lowest BCUT2D eigenvalue weighted by Crippen LogP contribution is -1.91. The van der Waals surface area contributed by atoms with E-state index in [1.54, 1.807) is 0 Å². The first kappa shape index (κ1) is 25.6. The van der Waals surface area contributed by atoms with Crippen molar-refractivity contribution in [2.24, 2.45) is 0 Å². The minimum atomic E-state index is 0.929. The molecule has 1 nitrogen and oxygen atoms in total. The van der Waals surface area contributed by atoms with E-state index in [1.807, 2.05) is 11.3 Å². The van der Waals surface area contributed by atoms with Crippen LogP contribution in [0.3, 0.4) is 0 Å². The standard InChI is InChI=1S/C44H26OS/c1-2-12-28(13-3-1)39-26-31-23-24-38-42(44(31)46-39)37-20-10-19-36(43(37)45-38)41-34-17-8-6-15-32(34)40(33-16-7-9-18-35(33)41)30-22-21-27-11-4-5-14-29(27)25-30/h1-26H. The van der Waals surface area contributed by atoms with Crippen LogP contribution < -0.4 is 0 Å². The third-order valence-corrected chi connectivity index (χ3v) is 10.7. The second-order valence-electron chi connectivity index (χ2n) is 12.0. The van der Waals surface area contributed by atoms with Crippen molar-refractivity contribution in [3.8, 4) is 32.7 Å². The maximum atomic E-state index is 6.83. The van der Waals surface area contributed by atoms with E-state index in [0.29, 0.717) is 0 Å². The van der Waals surface area contributed by atoms with Gasteiger partial charge in [0.25, 0.3) is 0 Å². The first-order valence-electron chi connectivity index (χ1n) is 15.7. The summed E-state index contributed by atoms with van der Waals surface area (Å²) < 4.78 is 8.10. The Hall–Kier alpha value is -5.70. The fraction of sp³-hybridized carbons (Fsp3) is 0. The fourth-order valence-electron chi connectivity index (χ4n) is 7.39. The van der Waals surface area contributed by atoms with Gasteiger partial charge in [0.1, 0.15) is 11.2 Å². The average Bonchev–Trinajstić information content (AvgIpc) is 3.73. The highest BCUT2D eigenvalue weighted by Gasteiger charge is 2.21. The molecule has 0 radical (unpaired) electrons. The van der Waals surface area contributed by atoms with Gasteiger partial charge in [-0.05, 0) is 78.7 Å². The zero-order valence-electron chi connectivity index (χ0n) is 24.8. The van der Waals surface area contributed by atoms with E-state index in [-0.39, 0.29) is 0 Å². The van der Waals surface area contributed by atoms with Crippen LogP contribution in [-0.2, 0) is 0 Å². The summed E-state index contributed by atoms with van der Waals surface area (Å²) in [6, 6.07) is 57.1. The highest BCUT2D eigenvalue weighted by molar-refractivity contribution is 7.23. The van der Waals surface area contributed by atoms with Crippen molar-refractivity contribution in [1.82, 2.24) is 0 Å². The van der Waals surface area contributed by atoms with E-state index in [0.717, 1.165) is 22.1 Å². The van der Waals surface area contributed by atoms with Crippen molar-refractivity contribution in [3.05, 3.63) is 158 Å². The SMILES string of the molecule is c1ccc(-c2cc3ccc4oc5c(-c6c7ccccc7c(-c7ccc8ccccc8c7)c7ccccc67)cccc5c4c3s2)cc1. The molecular weight excluding hydrogens is 577 g/mol. The van der Waals surface area contributed by atoms with Gasteiger partial charge in [-0.3, -0.25) is 0 Å². The van der Waals surface area contributed by atoms with Crippen molar-refractivity contribution < 1.29 is 4.42 Å². The second-order valence-corrected chi connectivity index (χ2v) is 13.1. The summed E-state index contributed by atoms with van der Waals surface area (Å²) in [5.41, 5.74) is 7.95. The molecule has 0 amide bonds. The van der Waals surface area contributed by atoms with Crippen LogP contribution in [0.2, 0.25) is 0 Å². The molecule has 2 heteroatoms. The molecular formula is C44H26OS. The molecule has 0 aliphatic rings. The summed E-state index contributed by atoms with van der Waals surface area (Å²) in [5, 5.41) is 11.0. The minimum Gasteiger partial charge on any atom is -0.455 e. The molecule has 0 unspecified atom stereocenters. The van der Waals surface area contributed by atoms with E-state index >= 15 is 0 Å². The Balaban J connectivity index is 1.28. The number of thiophene rings is 1. The molecule has 0 N–H and O–H groups in total. The first-order valence-corrected chi connectivity index (χ1v) is 16.5. The zero-order chi connectivity index (χ0) is 30.2. The van der Waals surface area contributed by atoms with Crippen LogP contribution in [0.5, 0.6) is 0 Å². The molecule has 0 spiro atoms. The third kappa shape index (κ3) is 3.74. The molecule has 0 aliphatic carbocycles. The molecule has 0 bridgehead atoms. The van der Waals surface area contributed by atoms with Gasteiger partial charge < -0.3 is 4.42 Å². The van der Waals surface area contributed by atoms with Crippen LogP contribution in [0.4, 0.5) is 0 Å². The first-order chi connectivity index (χ1) is 22.8. The van der Waals surface area contributed by atoms with Gasteiger partial charge in [0.15, 0.2) is 0 Å². The van der Waals surface area contributed by atoms with Gasteiger partial charge in [-0.15, -0.1) is 11.3 Å². The summed E-state index contributed by atoms with van der Waals surface area (Å²) >= 11 is 1.85. The quantitative estimate of drug-likeness (QED) is 0.183. The lowest BCUT2D eigenvalue weighted by Gasteiger charge is -2.18. The Bertz CT molecular complexity index is 2740. The second kappa shape index (κ2) is 9.90. The smallest absolute Gasteiger partial charge is 0.143 e. The lowest BCUT2D eigenvalue weighted by atomic mass is 9.85. The van der Waals surface area contributed by atoms with Gasteiger partial charge in [0, 0.05) is 31.5 Å². The van der Waals surface area contributed by atoms with Crippen molar-refractivity contribution in [1.29, 1.82) is 0 Å². The molecule has 2 heterocycles. The van der Waals surface area contributed by atoms with Crippen LogP contribution >= 0.6 is 11.3 Å². The van der Waals surface area contributed by atoms with Crippen LogP contribution in [0.25, 0.3) is 97.0 Å². The molecule has 0 fully saturated rings. The molecule has 10 rings (SSSR count). The van der Waals surface area contributed by atoms with Gasteiger partial charge in [-0.25, -0.2) is 0 Å². The normalized spacial score (nSPS) is 11.9. The molecule has 0 atom stereocenters. The zero-order valence-corrected chi connectivity index (χ0v) is 25.6. The average molecular weight is 603 g/mol. The number of benzene rings is 8. The Morgan fingerprint density at radius 3 is 1.80 bits per heavy atom. The molecule has 10 aromatic rings. The van der Waals surface area contributed by atoms with Gasteiger partial charge >= 0.3 is 0 Å². The Kier molecular flexibility index (Phi) is 5.51. The van der Waals surface area contributed by atoms with Crippen molar-refractivity contribution in [3.63, 3.8) is 0 Å². The highest BCUT2D eigenvalue weighted by Crippen LogP contribution is 2.48. The molecule has 0 saturated carbocycles. The molecule has 0 aliphatic heterocycles. The van der Waals surface area contributed by atoms with E-state index in [9.17, 15) is 0 Å². The highest BCUT2D eigenvalue weighted by atomic mass is 32.1. The van der Waals surface area contributed by atoms with E-state index in [1.165, 1.54) is 74.9 Å². The van der Waals surface area contributed by atoms with E-state index < -0.39 is 0 Å². The van der Waals surface area contributed by atoms with Crippen LogP contribution in [0.15, 0.2) is 162 Å². The molecule has 0 saturated heterocycles. The fourth-order valence-corrected chi connectivity index (χ4v) is 8.61. The Morgan fingerprint density at radius 1 is 0.413 bits per heavy atom. The number of hydrogen-bond donors (Lipinski definition) is 0. The predicted octanol–water partition coefficient (Wildman–Crippen LogP) is 13.3. The van der Waals surface area contributed by atoms with Crippen molar-refractivity contribution >= 4 is 75.7 Å². The molecule has 8 aromatic carbocycles. The number of fused-ring (bicyclic) bond motifs is 8. The topological polar surface area (TPSA) is 13.1 Å². The summed E-state index contributed by atoms with van der Waals surface area (Å²) in [7, 11) is 0. The maximum Gasteiger partial charge on any atom is 0.143 e. The Labute approximate surface area is 269 Å². The number of para-hydroxylation sites is 1. The maximum absolute atomic E-state index is 6.83. The van der Waals surface area contributed by atoms with E-state index in [4.69, 9.17) is 4.42 Å². The van der Waals surface area contributed by atoms with Crippen molar-refractivity contribution in [2.75, 3.05) is 0 Å². The van der Waals surface area contributed by atoms with Crippen LogP contribution in [0.1, 0.15) is 0 Å². The molecule has 214 valence electrons. The third-order valence-electron chi connectivity index (χ3n) is 9.44. The Morgan fingerprint density at radius 2 is 1.04 bits per heavy atom. The van der Waals surface area contributed by atoms with Gasteiger partial charge in [0.05, 0.1) is 0 Å². The summed E-state index contributed by atoms with van der Waals surface area (Å²) in [4.78, 5) is 1.27. The largest absolute Gasteiger partial charge is 0.455 e. The van der Waals surface area contributed by atoms with Gasteiger partial charge in [-0.2, -0.15) is 0 Å². The lowest BCUT2D eigenvalue weighted by molar-refractivity contribution is 0.670. The summed E-state index contributed by atoms with van der Waals surface area (Å²) in [6.07, 6.45) is 0. The summed E-state index contributed by atoms with van der Waals surface area (Å²) in [5.74, 6) is 0. The minimum absolute atomic E-state index is 0.929. The number of hydrogen-bond acceptors (Lipinski definition) is 2. The number of furan rings is 1. The number of rotatable bonds is 3. The van der Waals surface area contributed by atoms with Gasteiger partial charge in [0.2, 0.25) is 0 Å². The predicted molar refractivity (Wildman–Crippen MR) is 198 cm³/mol. The van der Waals surface area contributed by atoms with Crippen molar-refractivity contribution in [2.45, 2.75) is 0 Å². The van der Waals surface area contributed by atoms with Crippen LogP contribution in [-0.4, -0.2) is 0 Å². The van der Waals surface area contributed by atoms with Gasteiger partial charge in [-0.1, -0.05) is 133 Å². The van der Waals surface area contributed by atoms with E-state index in [2.05, 4.69) is 158 Å².